The lowest BCUT2D eigenvalue weighted by molar-refractivity contribution is 0.354. The molecule has 6 heteroatoms. The molecular weight excluding hydrogens is 371 g/mol. The van der Waals surface area contributed by atoms with E-state index in [-0.39, 0.29) is 6.04 Å². The zero-order valence-corrected chi connectivity index (χ0v) is 16.4. The van der Waals surface area contributed by atoms with Gasteiger partial charge >= 0.3 is 0 Å². The number of ether oxygens (including phenoxy) is 2. The van der Waals surface area contributed by atoms with Crippen LogP contribution in [0.3, 0.4) is 0 Å². The van der Waals surface area contributed by atoms with Gasteiger partial charge in [-0.2, -0.15) is 5.10 Å². The summed E-state index contributed by atoms with van der Waals surface area (Å²) < 4.78 is 10.9. The standard InChI is InChI=1S/C20H20Cl2N2O2/c1-12-8-14-10-19(25-2)20(26-3)11-15(14)18(24-23-12)7-5-13-4-6-16(21)17(22)9-13/h4-7,9-12,23H,8H2,1-3H3/b7-5+. The Morgan fingerprint density at radius 2 is 1.77 bits per heavy atom. The quantitative estimate of drug-likeness (QED) is 0.801. The summed E-state index contributed by atoms with van der Waals surface area (Å²) in [5.74, 6) is 1.39. The molecule has 4 nitrogen and oxygen atoms in total. The second-order valence-corrected chi connectivity index (χ2v) is 6.92. The number of nitrogens with one attached hydrogen (secondary N) is 1. The first-order valence-electron chi connectivity index (χ1n) is 8.23. The highest BCUT2D eigenvalue weighted by Crippen LogP contribution is 2.32. The van der Waals surface area contributed by atoms with Gasteiger partial charge in [-0.05, 0) is 54.8 Å². The molecule has 2 aromatic carbocycles. The van der Waals surface area contributed by atoms with E-state index in [9.17, 15) is 0 Å². The Balaban J connectivity index is 2.02. The first-order chi connectivity index (χ1) is 12.5. The zero-order valence-electron chi connectivity index (χ0n) is 14.8. The number of hydrazone groups is 1. The summed E-state index contributed by atoms with van der Waals surface area (Å²) in [4.78, 5) is 0. The van der Waals surface area contributed by atoms with Crippen molar-refractivity contribution < 1.29 is 9.47 Å². The lowest BCUT2D eigenvalue weighted by Crippen LogP contribution is -2.21. The average Bonchev–Trinajstić information content (AvgIpc) is 2.79. The van der Waals surface area contributed by atoms with Gasteiger partial charge < -0.3 is 14.9 Å². The van der Waals surface area contributed by atoms with Crippen molar-refractivity contribution in [1.82, 2.24) is 5.43 Å². The van der Waals surface area contributed by atoms with Gasteiger partial charge in [0.05, 0.1) is 30.0 Å². The van der Waals surface area contributed by atoms with Crippen LogP contribution in [0.4, 0.5) is 0 Å². The van der Waals surface area contributed by atoms with Crippen LogP contribution in [0.5, 0.6) is 11.5 Å². The number of hydrogen-bond donors (Lipinski definition) is 1. The fraction of sp³-hybridized carbons (Fsp3) is 0.250. The first-order valence-corrected chi connectivity index (χ1v) is 8.99. The van der Waals surface area contributed by atoms with E-state index in [0.717, 1.165) is 28.8 Å². The minimum absolute atomic E-state index is 0.211. The van der Waals surface area contributed by atoms with E-state index in [1.54, 1.807) is 20.3 Å². The number of rotatable bonds is 4. The van der Waals surface area contributed by atoms with Crippen molar-refractivity contribution in [1.29, 1.82) is 0 Å². The van der Waals surface area contributed by atoms with Gasteiger partial charge in [-0.3, -0.25) is 0 Å². The van der Waals surface area contributed by atoms with E-state index in [0.29, 0.717) is 21.5 Å². The Morgan fingerprint density at radius 1 is 1.04 bits per heavy atom. The number of halogens is 2. The van der Waals surface area contributed by atoms with Crippen molar-refractivity contribution >= 4 is 35.0 Å². The molecule has 3 rings (SSSR count). The van der Waals surface area contributed by atoms with Gasteiger partial charge in [0.25, 0.3) is 0 Å². The molecule has 0 fully saturated rings. The number of fused-ring (bicyclic) bond motifs is 1. The molecule has 0 radical (unpaired) electrons. The normalized spacial score (nSPS) is 16.5. The summed E-state index contributed by atoms with van der Waals surface area (Å²) in [6, 6.07) is 9.70. The molecule has 136 valence electrons. The van der Waals surface area contributed by atoms with Crippen molar-refractivity contribution in [3.05, 3.63) is 63.1 Å². The molecule has 1 N–H and O–H groups in total. The topological polar surface area (TPSA) is 42.9 Å². The highest BCUT2D eigenvalue weighted by Gasteiger charge is 2.19. The molecule has 1 heterocycles. The van der Waals surface area contributed by atoms with E-state index < -0.39 is 0 Å². The van der Waals surface area contributed by atoms with Crippen LogP contribution < -0.4 is 14.9 Å². The van der Waals surface area contributed by atoms with Crippen LogP contribution in [0, 0.1) is 0 Å². The monoisotopic (exact) mass is 390 g/mol. The van der Waals surface area contributed by atoms with E-state index in [1.165, 1.54) is 0 Å². The van der Waals surface area contributed by atoms with E-state index >= 15 is 0 Å². The molecular formula is C20H20Cl2N2O2. The molecule has 0 amide bonds. The van der Waals surface area contributed by atoms with Gasteiger partial charge in [0.1, 0.15) is 0 Å². The maximum atomic E-state index is 6.10. The number of allylic oxidation sites excluding steroid dienone is 1. The molecule has 1 aliphatic heterocycles. The fourth-order valence-electron chi connectivity index (χ4n) is 2.86. The molecule has 0 saturated carbocycles. The van der Waals surface area contributed by atoms with Gasteiger partial charge in [-0.25, -0.2) is 0 Å². The second kappa shape index (κ2) is 8.02. The highest BCUT2D eigenvalue weighted by molar-refractivity contribution is 6.42. The number of methoxy groups -OCH3 is 2. The van der Waals surface area contributed by atoms with Gasteiger partial charge in [0, 0.05) is 11.6 Å². The lowest BCUT2D eigenvalue weighted by Gasteiger charge is -2.14. The zero-order chi connectivity index (χ0) is 18.7. The molecule has 0 spiro atoms. The van der Waals surface area contributed by atoms with Crippen molar-refractivity contribution in [2.45, 2.75) is 19.4 Å². The van der Waals surface area contributed by atoms with Crippen molar-refractivity contribution in [3.63, 3.8) is 0 Å². The van der Waals surface area contributed by atoms with Gasteiger partial charge in [0.15, 0.2) is 11.5 Å². The molecule has 0 aliphatic carbocycles. The molecule has 1 aliphatic rings. The van der Waals surface area contributed by atoms with Crippen LogP contribution in [-0.2, 0) is 6.42 Å². The van der Waals surface area contributed by atoms with Crippen LogP contribution in [0.25, 0.3) is 6.08 Å². The molecule has 1 atom stereocenters. The SMILES string of the molecule is COc1cc2c(cc1OC)C(/C=C/c1ccc(Cl)c(Cl)c1)=NNC(C)C2. The summed E-state index contributed by atoms with van der Waals surface area (Å²) in [6.45, 7) is 2.09. The van der Waals surface area contributed by atoms with E-state index in [1.807, 2.05) is 36.4 Å². The Bertz CT molecular complexity index is 878. The van der Waals surface area contributed by atoms with Crippen LogP contribution in [0.15, 0.2) is 41.5 Å². The van der Waals surface area contributed by atoms with Crippen molar-refractivity contribution in [3.8, 4) is 11.5 Å². The fourth-order valence-corrected chi connectivity index (χ4v) is 3.17. The van der Waals surface area contributed by atoms with Crippen molar-refractivity contribution in [2.75, 3.05) is 14.2 Å². The summed E-state index contributed by atoms with van der Waals surface area (Å²) in [7, 11) is 3.27. The Morgan fingerprint density at radius 3 is 2.46 bits per heavy atom. The summed E-state index contributed by atoms with van der Waals surface area (Å²) >= 11 is 12.1. The van der Waals surface area contributed by atoms with Crippen LogP contribution in [-0.4, -0.2) is 26.0 Å². The Hall–Kier alpha value is -2.17. The maximum absolute atomic E-state index is 6.10. The van der Waals surface area contributed by atoms with Crippen molar-refractivity contribution in [2.24, 2.45) is 5.10 Å². The molecule has 0 saturated heterocycles. The molecule has 0 aromatic heterocycles. The first kappa shape index (κ1) is 18.6. The number of benzene rings is 2. The van der Waals surface area contributed by atoms with Gasteiger partial charge in [-0.1, -0.05) is 35.3 Å². The number of nitrogens with zero attached hydrogens (tertiary/aromatic N) is 1. The van der Waals surface area contributed by atoms with Crippen LogP contribution in [0.2, 0.25) is 10.0 Å². The third kappa shape index (κ3) is 3.97. The lowest BCUT2D eigenvalue weighted by atomic mass is 9.97. The average molecular weight is 391 g/mol. The molecule has 1 unspecified atom stereocenters. The summed E-state index contributed by atoms with van der Waals surface area (Å²) in [5.41, 5.74) is 7.10. The third-order valence-electron chi connectivity index (χ3n) is 4.19. The Labute approximate surface area is 163 Å². The van der Waals surface area contributed by atoms with Gasteiger partial charge in [-0.15, -0.1) is 0 Å². The van der Waals surface area contributed by atoms with Gasteiger partial charge in [0.2, 0.25) is 0 Å². The summed E-state index contributed by atoms with van der Waals surface area (Å²) in [6.07, 6.45) is 4.75. The minimum atomic E-state index is 0.211. The largest absolute Gasteiger partial charge is 0.493 e. The summed E-state index contributed by atoms with van der Waals surface area (Å²) in [5, 5.41) is 5.61. The van der Waals surface area contributed by atoms with Crippen LogP contribution >= 0.6 is 23.2 Å². The molecule has 2 aromatic rings. The minimum Gasteiger partial charge on any atom is -0.493 e. The van der Waals surface area contributed by atoms with E-state index in [2.05, 4.69) is 17.5 Å². The van der Waals surface area contributed by atoms with Crippen LogP contribution in [0.1, 0.15) is 23.6 Å². The predicted octanol–water partition coefficient (Wildman–Crippen LogP) is 4.96. The predicted molar refractivity (Wildman–Crippen MR) is 108 cm³/mol. The highest BCUT2D eigenvalue weighted by atomic mass is 35.5. The Kier molecular flexibility index (Phi) is 5.74. The third-order valence-corrected chi connectivity index (χ3v) is 4.93. The number of hydrogen-bond acceptors (Lipinski definition) is 4. The smallest absolute Gasteiger partial charge is 0.161 e. The molecule has 26 heavy (non-hydrogen) atoms. The maximum Gasteiger partial charge on any atom is 0.161 e. The van der Waals surface area contributed by atoms with E-state index in [4.69, 9.17) is 32.7 Å². The molecule has 0 bridgehead atoms. The second-order valence-electron chi connectivity index (χ2n) is 6.10.